The largest absolute Gasteiger partial charge is 0.338 e. The van der Waals surface area contributed by atoms with Crippen LogP contribution in [0.15, 0.2) is 47.4 Å². The van der Waals surface area contributed by atoms with E-state index in [0.717, 1.165) is 11.8 Å². The van der Waals surface area contributed by atoms with Crippen molar-refractivity contribution in [3.63, 3.8) is 0 Å². The molecule has 2 amide bonds. The summed E-state index contributed by atoms with van der Waals surface area (Å²) >= 11 is 11.8. The number of anilines is 1. The molecule has 0 aliphatic carbocycles. The Morgan fingerprint density at radius 3 is 2.38 bits per heavy atom. The van der Waals surface area contributed by atoms with Crippen LogP contribution in [-0.4, -0.2) is 27.2 Å². The van der Waals surface area contributed by atoms with Gasteiger partial charge in [-0.3, -0.25) is 0 Å². The quantitative estimate of drug-likeness (QED) is 0.820. The van der Waals surface area contributed by atoms with E-state index in [1.165, 1.54) is 18.2 Å². The molecule has 0 unspecified atom stereocenters. The third-order valence-electron chi connectivity index (χ3n) is 3.23. The minimum atomic E-state index is -3.38. The number of hydrogen-bond donors (Lipinski definition) is 2. The van der Waals surface area contributed by atoms with E-state index in [1.807, 2.05) is 12.1 Å². The summed E-state index contributed by atoms with van der Waals surface area (Å²) in [6.07, 6.45) is 1.73. The fourth-order valence-corrected chi connectivity index (χ4v) is 2.91. The maximum atomic E-state index is 11.9. The van der Waals surface area contributed by atoms with Gasteiger partial charge >= 0.3 is 6.03 Å². The molecule has 0 aliphatic rings. The van der Waals surface area contributed by atoms with Crippen molar-refractivity contribution < 1.29 is 13.2 Å². The molecule has 2 aromatic rings. The van der Waals surface area contributed by atoms with Crippen molar-refractivity contribution >= 4 is 44.8 Å². The number of benzene rings is 2. The highest BCUT2D eigenvalue weighted by Gasteiger charge is 2.12. The van der Waals surface area contributed by atoms with Gasteiger partial charge in [-0.15, -0.1) is 0 Å². The second kappa shape index (κ2) is 7.88. The van der Waals surface area contributed by atoms with Crippen LogP contribution in [0.1, 0.15) is 5.56 Å². The second-order valence-electron chi connectivity index (χ2n) is 5.17. The first kappa shape index (κ1) is 18.6. The predicted octanol–water partition coefficient (Wildman–Crippen LogP) is 3.76. The SMILES string of the molecule is CS(=O)(=O)c1ccc(Cl)c(NC(=O)NCCc2ccc(Cl)cc2)c1. The second-order valence-corrected chi connectivity index (χ2v) is 8.03. The molecule has 2 N–H and O–H groups in total. The Morgan fingerprint density at radius 2 is 1.75 bits per heavy atom. The molecule has 0 atom stereocenters. The number of halogens is 2. The van der Waals surface area contributed by atoms with Crippen LogP contribution in [0, 0.1) is 0 Å². The molecule has 0 heterocycles. The number of nitrogens with one attached hydrogen (secondary N) is 2. The van der Waals surface area contributed by atoms with E-state index in [4.69, 9.17) is 23.2 Å². The Balaban J connectivity index is 1.93. The van der Waals surface area contributed by atoms with Gasteiger partial charge in [-0.05, 0) is 42.3 Å². The molecule has 0 bridgehead atoms. The number of sulfone groups is 1. The van der Waals surface area contributed by atoms with E-state index in [0.29, 0.717) is 18.0 Å². The summed E-state index contributed by atoms with van der Waals surface area (Å²) in [5.41, 5.74) is 1.28. The molecule has 2 rings (SSSR count). The summed E-state index contributed by atoms with van der Waals surface area (Å²) in [4.78, 5) is 12.0. The molecule has 0 saturated heterocycles. The lowest BCUT2D eigenvalue weighted by atomic mass is 10.1. The van der Waals surface area contributed by atoms with Gasteiger partial charge in [0.25, 0.3) is 0 Å². The Morgan fingerprint density at radius 1 is 1.08 bits per heavy atom. The van der Waals surface area contributed by atoms with Crippen molar-refractivity contribution in [2.75, 3.05) is 18.1 Å². The molecule has 8 heteroatoms. The maximum absolute atomic E-state index is 11.9. The van der Waals surface area contributed by atoms with Crippen LogP contribution in [0.2, 0.25) is 10.0 Å². The lowest BCUT2D eigenvalue weighted by molar-refractivity contribution is 0.252. The normalized spacial score (nSPS) is 11.1. The minimum absolute atomic E-state index is 0.0864. The van der Waals surface area contributed by atoms with Gasteiger partial charge in [0.15, 0.2) is 9.84 Å². The van der Waals surface area contributed by atoms with E-state index < -0.39 is 15.9 Å². The van der Waals surface area contributed by atoms with Crippen molar-refractivity contribution in [3.05, 3.63) is 58.1 Å². The van der Waals surface area contributed by atoms with E-state index in [9.17, 15) is 13.2 Å². The van der Waals surface area contributed by atoms with E-state index in [1.54, 1.807) is 12.1 Å². The Kier molecular flexibility index (Phi) is 6.10. The predicted molar refractivity (Wildman–Crippen MR) is 96.7 cm³/mol. The average Bonchev–Trinajstić information content (AvgIpc) is 2.50. The van der Waals surface area contributed by atoms with Crippen LogP contribution in [0.3, 0.4) is 0 Å². The Hall–Kier alpha value is -1.76. The van der Waals surface area contributed by atoms with Crippen LogP contribution in [0.5, 0.6) is 0 Å². The van der Waals surface area contributed by atoms with Gasteiger partial charge in [0.2, 0.25) is 0 Å². The number of amides is 2. The summed E-state index contributed by atoms with van der Waals surface area (Å²) in [6.45, 7) is 0.414. The first-order chi connectivity index (χ1) is 11.3. The number of carbonyl (C=O) groups excluding carboxylic acids is 1. The van der Waals surface area contributed by atoms with Gasteiger partial charge in [0, 0.05) is 17.8 Å². The van der Waals surface area contributed by atoms with Gasteiger partial charge in [-0.2, -0.15) is 0 Å². The van der Waals surface area contributed by atoms with Crippen LogP contribution < -0.4 is 10.6 Å². The zero-order chi connectivity index (χ0) is 17.7. The van der Waals surface area contributed by atoms with Crippen LogP contribution in [0.25, 0.3) is 0 Å². The smallest absolute Gasteiger partial charge is 0.319 e. The molecule has 0 fully saturated rings. The van der Waals surface area contributed by atoms with Crippen molar-refractivity contribution in [1.29, 1.82) is 0 Å². The van der Waals surface area contributed by atoms with Gasteiger partial charge in [-0.1, -0.05) is 35.3 Å². The fourth-order valence-electron chi connectivity index (χ4n) is 1.97. The summed E-state index contributed by atoms with van der Waals surface area (Å²) in [6, 6.07) is 11.0. The molecule has 128 valence electrons. The highest BCUT2D eigenvalue weighted by Crippen LogP contribution is 2.25. The first-order valence-corrected chi connectivity index (χ1v) is 9.69. The van der Waals surface area contributed by atoms with Crippen LogP contribution in [0.4, 0.5) is 10.5 Å². The molecule has 0 saturated carbocycles. The number of urea groups is 1. The molecular weight excluding hydrogens is 371 g/mol. The number of rotatable bonds is 5. The molecule has 5 nitrogen and oxygen atoms in total. The van der Waals surface area contributed by atoms with E-state index in [2.05, 4.69) is 10.6 Å². The summed E-state index contributed by atoms with van der Waals surface area (Å²) in [5.74, 6) is 0. The van der Waals surface area contributed by atoms with Crippen molar-refractivity contribution in [2.24, 2.45) is 0 Å². The summed E-state index contributed by atoms with van der Waals surface area (Å²) in [5, 5.41) is 6.16. The summed E-state index contributed by atoms with van der Waals surface area (Å²) < 4.78 is 23.1. The monoisotopic (exact) mass is 386 g/mol. The zero-order valence-electron chi connectivity index (χ0n) is 12.8. The fraction of sp³-hybridized carbons (Fsp3) is 0.188. The average molecular weight is 387 g/mol. The minimum Gasteiger partial charge on any atom is -0.338 e. The summed E-state index contributed by atoms with van der Waals surface area (Å²) in [7, 11) is -3.38. The van der Waals surface area contributed by atoms with Gasteiger partial charge < -0.3 is 10.6 Å². The highest BCUT2D eigenvalue weighted by molar-refractivity contribution is 7.90. The van der Waals surface area contributed by atoms with Crippen molar-refractivity contribution in [1.82, 2.24) is 5.32 Å². The molecule has 0 aromatic heterocycles. The molecular formula is C16H16Cl2N2O3S. The van der Waals surface area contributed by atoms with E-state index >= 15 is 0 Å². The molecule has 24 heavy (non-hydrogen) atoms. The Bertz CT molecular complexity index is 837. The number of carbonyl (C=O) groups is 1. The van der Waals surface area contributed by atoms with Crippen molar-refractivity contribution in [2.45, 2.75) is 11.3 Å². The zero-order valence-corrected chi connectivity index (χ0v) is 15.2. The Labute approximate surface area is 150 Å². The third kappa shape index (κ3) is 5.40. The number of hydrogen-bond acceptors (Lipinski definition) is 3. The lowest BCUT2D eigenvalue weighted by Crippen LogP contribution is -2.30. The van der Waals surface area contributed by atoms with Gasteiger partial charge in [-0.25, -0.2) is 13.2 Å². The molecule has 0 spiro atoms. The van der Waals surface area contributed by atoms with Crippen molar-refractivity contribution in [3.8, 4) is 0 Å². The lowest BCUT2D eigenvalue weighted by Gasteiger charge is -2.10. The van der Waals surface area contributed by atoms with E-state index in [-0.39, 0.29) is 15.6 Å². The van der Waals surface area contributed by atoms with Gasteiger partial charge in [0.1, 0.15) is 0 Å². The van der Waals surface area contributed by atoms with Crippen LogP contribution >= 0.6 is 23.2 Å². The maximum Gasteiger partial charge on any atom is 0.319 e. The molecule has 2 aromatic carbocycles. The van der Waals surface area contributed by atoms with Crippen LogP contribution in [-0.2, 0) is 16.3 Å². The topological polar surface area (TPSA) is 75.3 Å². The first-order valence-electron chi connectivity index (χ1n) is 7.04. The standard InChI is InChI=1S/C16H16Cl2N2O3S/c1-24(22,23)13-6-7-14(18)15(10-13)20-16(21)19-9-8-11-2-4-12(17)5-3-11/h2-7,10H,8-9H2,1H3,(H2,19,20,21). The molecule has 0 aliphatic heterocycles. The molecule has 0 radical (unpaired) electrons. The highest BCUT2D eigenvalue weighted by atomic mass is 35.5. The van der Waals surface area contributed by atoms with Gasteiger partial charge in [0.05, 0.1) is 15.6 Å². The third-order valence-corrected chi connectivity index (χ3v) is 4.92.